The van der Waals surface area contributed by atoms with E-state index in [1.807, 2.05) is 0 Å². The van der Waals surface area contributed by atoms with Crippen LogP contribution in [0.2, 0.25) is 0 Å². The molecular weight excluding hydrogens is 190 g/mol. The highest BCUT2D eigenvalue weighted by Crippen LogP contribution is 2.17. The third-order valence-corrected chi connectivity index (χ3v) is 2.80. The van der Waals surface area contributed by atoms with E-state index in [4.69, 9.17) is 0 Å². The Morgan fingerprint density at radius 2 is 2.14 bits per heavy atom. The van der Waals surface area contributed by atoms with Crippen LogP contribution in [0, 0.1) is 6.92 Å². The second-order valence-corrected chi connectivity index (χ2v) is 4.10. The van der Waals surface area contributed by atoms with E-state index in [-0.39, 0.29) is 0 Å². The van der Waals surface area contributed by atoms with Gasteiger partial charge in [0.15, 0.2) is 0 Å². The predicted molar refractivity (Wildman–Crippen MR) is 65.1 cm³/mol. The maximum atomic E-state index is 4.23. The SMILES string of the molecule is Cc1ccc2c(ccn2CCCS)c1. The Labute approximate surface area is 90.1 Å². The number of benzene rings is 1. The molecule has 1 aromatic heterocycles. The molecule has 0 bridgehead atoms. The Hall–Kier alpha value is -0.890. The van der Waals surface area contributed by atoms with Crippen molar-refractivity contribution in [3.05, 3.63) is 36.0 Å². The molecule has 0 saturated carbocycles. The van der Waals surface area contributed by atoms with E-state index in [1.165, 1.54) is 16.5 Å². The van der Waals surface area contributed by atoms with Gasteiger partial charge in [0, 0.05) is 18.3 Å². The maximum Gasteiger partial charge on any atom is 0.0480 e. The first kappa shape index (κ1) is 9.66. The number of hydrogen-bond donors (Lipinski definition) is 1. The van der Waals surface area contributed by atoms with Crippen molar-refractivity contribution < 1.29 is 0 Å². The molecule has 1 aromatic carbocycles. The summed E-state index contributed by atoms with van der Waals surface area (Å²) in [5.74, 6) is 0.950. The average Bonchev–Trinajstić information content (AvgIpc) is 2.57. The first-order chi connectivity index (χ1) is 6.81. The number of rotatable bonds is 3. The largest absolute Gasteiger partial charge is 0.347 e. The van der Waals surface area contributed by atoms with Gasteiger partial charge in [-0.15, -0.1) is 0 Å². The van der Waals surface area contributed by atoms with Gasteiger partial charge in [-0.25, -0.2) is 0 Å². The van der Waals surface area contributed by atoms with Crippen LogP contribution in [0.3, 0.4) is 0 Å². The Kier molecular flexibility index (Phi) is 2.82. The van der Waals surface area contributed by atoms with Crippen molar-refractivity contribution in [2.75, 3.05) is 5.75 Å². The molecule has 1 nitrogen and oxygen atoms in total. The fraction of sp³-hybridized carbons (Fsp3) is 0.333. The van der Waals surface area contributed by atoms with Gasteiger partial charge in [0.25, 0.3) is 0 Å². The first-order valence-electron chi connectivity index (χ1n) is 4.97. The normalized spacial score (nSPS) is 11.0. The molecule has 0 aliphatic rings. The molecule has 0 spiro atoms. The lowest BCUT2D eigenvalue weighted by molar-refractivity contribution is 0.710. The van der Waals surface area contributed by atoms with Crippen molar-refractivity contribution in [2.24, 2.45) is 0 Å². The second-order valence-electron chi connectivity index (χ2n) is 3.65. The number of aromatic nitrogens is 1. The number of aryl methyl sites for hydroxylation is 2. The highest BCUT2D eigenvalue weighted by atomic mass is 32.1. The molecule has 0 radical (unpaired) electrons. The van der Waals surface area contributed by atoms with E-state index in [0.717, 1.165) is 18.7 Å². The van der Waals surface area contributed by atoms with Gasteiger partial charge >= 0.3 is 0 Å². The smallest absolute Gasteiger partial charge is 0.0480 e. The summed E-state index contributed by atoms with van der Waals surface area (Å²) in [5, 5.41) is 1.34. The number of thiol groups is 1. The summed E-state index contributed by atoms with van der Waals surface area (Å²) in [6.45, 7) is 3.20. The molecule has 0 saturated heterocycles. The van der Waals surface area contributed by atoms with E-state index in [1.54, 1.807) is 0 Å². The molecule has 2 heteroatoms. The molecule has 0 aliphatic carbocycles. The quantitative estimate of drug-likeness (QED) is 0.734. The van der Waals surface area contributed by atoms with Gasteiger partial charge in [0.05, 0.1) is 0 Å². The molecule has 0 N–H and O–H groups in total. The lowest BCUT2D eigenvalue weighted by Gasteiger charge is -2.03. The minimum absolute atomic E-state index is 0.950. The molecule has 0 amide bonds. The Morgan fingerprint density at radius 3 is 2.93 bits per heavy atom. The van der Waals surface area contributed by atoms with Gasteiger partial charge in [-0.2, -0.15) is 12.6 Å². The van der Waals surface area contributed by atoms with Gasteiger partial charge in [-0.1, -0.05) is 11.6 Å². The zero-order chi connectivity index (χ0) is 9.97. The summed E-state index contributed by atoms with van der Waals surface area (Å²) >= 11 is 4.23. The predicted octanol–water partition coefficient (Wildman–Crippen LogP) is 3.27. The highest BCUT2D eigenvalue weighted by Gasteiger charge is 1.99. The van der Waals surface area contributed by atoms with E-state index in [2.05, 4.69) is 54.6 Å². The Morgan fingerprint density at radius 1 is 1.29 bits per heavy atom. The fourth-order valence-corrected chi connectivity index (χ4v) is 1.90. The molecule has 0 unspecified atom stereocenters. The first-order valence-corrected chi connectivity index (χ1v) is 5.61. The summed E-state index contributed by atoms with van der Waals surface area (Å²) < 4.78 is 2.30. The Bertz CT molecular complexity index is 431. The molecule has 0 fully saturated rings. The van der Waals surface area contributed by atoms with E-state index >= 15 is 0 Å². The van der Waals surface area contributed by atoms with E-state index in [0.29, 0.717) is 0 Å². The summed E-state index contributed by atoms with van der Waals surface area (Å²) in [7, 11) is 0. The monoisotopic (exact) mass is 205 g/mol. The van der Waals surface area contributed by atoms with Crippen molar-refractivity contribution in [1.82, 2.24) is 4.57 Å². The number of nitrogens with zero attached hydrogens (tertiary/aromatic N) is 1. The minimum Gasteiger partial charge on any atom is -0.347 e. The molecule has 2 rings (SSSR count). The van der Waals surface area contributed by atoms with Crippen LogP contribution in [0.5, 0.6) is 0 Å². The number of hydrogen-bond acceptors (Lipinski definition) is 1. The molecule has 2 aromatic rings. The third-order valence-electron chi connectivity index (χ3n) is 2.48. The minimum atomic E-state index is 0.950. The van der Waals surface area contributed by atoms with Crippen molar-refractivity contribution in [1.29, 1.82) is 0 Å². The van der Waals surface area contributed by atoms with Gasteiger partial charge in [0.2, 0.25) is 0 Å². The molecule has 0 aliphatic heterocycles. The van der Waals surface area contributed by atoms with Gasteiger partial charge in [-0.05, 0) is 42.7 Å². The highest BCUT2D eigenvalue weighted by molar-refractivity contribution is 7.80. The van der Waals surface area contributed by atoms with Crippen LogP contribution in [0.1, 0.15) is 12.0 Å². The lowest BCUT2D eigenvalue weighted by atomic mass is 10.2. The zero-order valence-corrected chi connectivity index (χ0v) is 9.30. The topological polar surface area (TPSA) is 4.93 Å². The fourth-order valence-electron chi connectivity index (χ4n) is 1.76. The van der Waals surface area contributed by atoms with E-state index in [9.17, 15) is 0 Å². The van der Waals surface area contributed by atoms with Crippen LogP contribution in [0.25, 0.3) is 10.9 Å². The van der Waals surface area contributed by atoms with Crippen molar-refractivity contribution in [2.45, 2.75) is 19.9 Å². The van der Waals surface area contributed by atoms with Crippen molar-refractivity contribution in [3.8, 4) is 0 Å². The van der Waals surface area contributed by atoms with Crippen molar-refractivity contribution in [3.63, 3.8) is 0 Å². The second kappa shape index (κ2) is 4.09. The van der Waals surface area contributed by atoms with Crippen LogP contribution in [0.4, 0.5) is 0 Å². The van der Waals surface area contributed by atoms with Crippen molar-refractivity contribution >= 4 is 23.5 Å². The molecule has 74 valence electrons. The zero-order valence-electron chi connectivity index (χ0n) is 8.40. The maximum absolute atomic E-state index is 4.23. The summed E-state index contributed by atoms with van der Waals surface area (Å²) in [5.41, 5.74) is 2.65. The Balaban J connectivity index is 2.37. The standard InChI is InChI=1S/C12H15NS/c1-10-3-4-12-11(9-10)5-7-13(12)6-2-8-14/h3-5,7,9,14H,2,6,8H2,1H3. The summed E-state index contributed by atoms with van der Waals surface area (Å²) in [6, 6.07) is 8.77. The van der Waals surface area contributed by atoms with Gasteiger partial charge < -0.3 is 4.57 Å². The molecule has 0 atom stereocenters. The average molecular weight is 205 g/mol. The molecular formula is C12H15NS. The van der Waals surface area contributed by atoms with Crippen LogP contribution in [-0.2, 0) is 6.54 Å². The molecule has 1 heterocycles. The van der Waals surface area contributed by atoms with Gasteiger partial charge in [0.1, 0.15) is 0 Å². The van der Waals surface area contributed by atoms with Crippen LogP contribution in [-0.4, -0.2) is 10.3 Å². The lowest BCUT2D eigenvalue weighted by Crippen LogP contribution is -1.96. The van der Waals surface area contributed by atoms with Crippen LogP contribution < -0.4 is 0 Å². The van der Waals surface area contributed by atoms with Gasteiger partial charge in [-0.3, -0.25) is 0 Å². The van der Waals surface area contributed by atoms with Crippen LogP contribution >= 0.6 is 12.6 Å². The number of fused-ring (bicyclic) bond motifs is 1. The summed E-state index contributed by atoms with van der Waals surface area (Å²) in [6.07, 6.45) is 3.29. The van der Waals surface area contributed by atoms with Crippen LogP contribution in [0.15, 0.2) is 30.5 Å². The third kappa shape index (κ3) is 1.80. The summed E-state index contributed by atoms with van der Waals surface area (Å²) in [4.78, 5) is 0. The van der Waals surface area contributed by atoms with E-state index < -0.39 is 0 Å². The molecule has 14 heavy (non-hydrogen) atoms.